The summed E-state index contributed by atoms with van der Waals surface area (Å²) < 4.78 is 53.1. The number of halogens is 4. The molecule has 1 heterocycles. The Morgan fingerprint density at radius 2 is 1.96 bits per heavy atom. The van der Waals surface area contributed by atoms with E-state index in [0.717, 1.165) is 11.3 Å². The van der Waals surface area contributed by atoms with Crippen LogP contribution >= 0.6 is 11.3 Å². The fourth-order valence-electron chi connectivity index (χ4n) is 1.83. The van der Waals surface area contributed by atoms with E-state index in [0.29, 0.717) is 21.1 Å². The van der Waals surface area contributed by atoms with Crippen LogP contribution in [0.5, 0.6) is 0 Å². The fraction of sp³-hybridized carbons (Fsp3) is 0.333. The van der Waals surface area contributed by atoms with Crippen LogP contribution in [-0.2, 0) is 4.74 Å². The smallest absolute Gasteiger partial charge is 0.370 e. The molecule has 0 bridgehead atoms. The fourth-order valence-corrected chi connectivity index (χ4v) is 2.82. The Balaban J connectivity index is 1.92. The topological polar surface area (TPSA) is 51.2 Å². The molecule has 2 rings (SSSR count). The molecule has 2 aromatic rings. The van der Waals surface area contributed by atoms with Crippen LogP contribution in [0.1, 0.15) is 15.4 Å². The molecule has 1 aromatic heterocycles. The number of carbonyl (C=O) groups excluding carboxylic acids is 1. The van der Waals surface area contributed by atoms with Crippen molar-refractivity contribution in [3.8, 4) is 10.6 Å². The number of aromatic nitrogens is 1. The molecule has 0 atom stereocenters. The number of nitrogens with one attached hydrogen (secondary N) is 1. The lowest BCUT2D eigenvalue weighted by Gasteiger charge is -2.08. The van der Waals surface area contributed by atoms with Gasteiger partial charge in [-0.25, -0.2) is 9.37 Å². The van der Waals surface area contributed by atoms with Crippen molar-refractivity contribution < 1.29 is 27.1 Å². The SMILES string of the molecule is Cc1nc(-c2ccc(F)cc2)sc1C(=O)NCCOCC(F)(F)F. The molecule has 0 aliphatic carbocycles. The van der Waals surface area contributed by atoms with Gasteiger partial charge in [0.15, 0.2) is 0 Å². The summed E-state index contributed by atoms with van der Waals surface area (Å²) in [6.07, 6.45) is -4.39. The summed E-state index contributed by atoms with van der Waals surface area (Å²) in [7, 11) is 0. The summed E-state index contributed by atoms with van der Waals surface area (Å²) in [4.78, 5) is 16.7. The van der Waals surface area contributed by atoms with Crippen LogP contribution in [0.4, 0.5) is 17.6 Å². The first kappa shape index (κ1) is 18.3. The molecule has 0 aliphatic heterocycles. The zero-order valence-corrected chi connectivity index (χ0v) is 13.4. The van der Waals surface area contributed by atoms with E-state index < -0.39 is 18.7 Å². The molecule has 130 valence electrons. The molecule has 1 amide bonds. The number of rotatable bonds is 6. The molecule has 4 nitrogen and oxygen atoms in total. The van der Waals surface area contributed by atoms with Gasteiger partial charge < -0.3 is 10.1 Å². The third-order valence-electron chi connectivity index (χ3n) is 2.89. The molecule has 0 saturated carbocycles. The largest absolute Gasteiger partial charge is 0.411 e. The Bertz CT molecular complexity index is 698. The number of ether oxygens (including phenoxy) is 1. The molecule has 1 aromatic carbocycles. The first-order chi connectivity index (χ1) is 11.3. The summed E-state index contributed by atoms with van der Waals surface area (Å²) >= 11 is 1.13. The molecule has 0 saturated heterocycles. The zero-order valence-electron chi connectivity index (χ0n) is 12.6. The minimum Gasteiger partial charge on any atom is -0.370 e. The van der Waals surface area contributed by atoms with Crippen molar-refractivity contribution in [2.24, 2.45) is 0 Å². The van der Waals surface area contributed by atoms with Crippen molar-refractivity contribution in [2.45, 2.75) is 13.1 Å². The van der Waals surface area contributed by atoms with Gasteiger partial charge in [-0.15, -0.1) is 11.3 Å². The second-order valence-corrected chi connectivity index (χ2v) is 5.86. The number of thiazole rings is 1. The second-order valence-electron chi connectivity index (χ2n) is 4.86. The lowest BCUT2D eigenvalue weighted by atomic mass is 10.2. The standard InChI is InChI=1S/C15H14F4N2O2S/c1-9-12(13(22)20-6-7-23-8-15(17,18)19)24-14(21-9)10-2-4-11(16)5-3-10/h2-5H,6-8H2,1H3,(H,20,22). The van der Waals surface area contributed by atoms with Crippen molar-refractivity contribution in [3.63, 3.8) is 0 Å². The van der Waals surface area contributed by atoms with Crippen molar-refractivity contribution in [1.82, 2.24) is 10.3 Å². The lowest BCUT2D eigenvalue weighted by molar-refractivity contribution is -0.173. The second kappa shape index (κ2) is 7.71. The van der Waals surface area contributed by atoms with Crippen molar-refractivity contribution in [3.05, 3.63) is 40.7 Å². The summed E-state index contributed by atoms with van der Waals surface area (Å²) in [5.41, 5.74) is 1.17. The average molecular weight is 362 g/mol. The molecular formula is C15H14F4N2O2S. The third-order valence-corrected chi connectivity index (χ3v) is 4.10. The van der Waals surface area contributed by atoms with E-state index in [2.05, 4.69) is 15.0 Å². The van der Waals surface area contributed by atoms with E-state index >= 15 is 0 Å². The van der Waals surface area contributed by atoms with Gasteiger partial charge in [-0.1, -0.05) is 0 Å². The number of carbonyl (C=O) groups is 1. The van der Waals surface area contributed by atoms with Gasteiger partial charge in [0.05, 0.1) is 12.3 Å². The Labute approximate surface area is 139 Å². The zero-order chi connectivity index (χ0) is 17.7. The van der Waals surface area contributed by atoms with E-state index in [1.807, 2.05) is 0 Å². The van der Waals surface area contributed by atoms with E-state index in [-0.39, 0.29) is 19.0 Å². The predicted octanol–water partition coefficient (Wildman–Crippen LogP) is 3.57. The van der Waals surface area contributed by atoms with Gasteiger partial charge in [0.2, 0.25) is 0 Å². The highest BCUT2D eigenvalue weighted by Gasteiger charge is 2.27. The van der Waals surface area contributed by atoms with E-state index in [9.17, 15) is 22.4 Å². The van der Waals surface area contributed by atoms with Crippen LogP contribution in [0.25, 0.3) is 10.6 Å². The maximum Gasteiger partial charge on any atom is 0.411 e. The average Bonchev–Trinajstić information content (AvgIpc) is 2.88. The molecule has 0 spiro atoms. The van der Waals surface area contributed by atoms with Crippen molar-refractivity contribution in [2.75, 3.05) is 19.8 Å². The predicted molar refractivity (Wildman–Crippen MR) is 81.5 cm³/mol. The van der Waals surface area contributed by atoms with Crippen molar-refractivity contribution in [1.29, 1.82) is 0 Å². The Morgan fingerprint density at radius 1 is 1.29 bits per heavy atom. The number of hydrogen-bond donors (Lipinski definition) is 1. The third kappa shape index (κ3) is 5.27. The number of alkyl halides is 3. The van der Waals surface area contributed by atoms with E-state index in [4.69, 9.17) is 0 Å². The van der Waals surface area contributed by atoms with Gasteiger partial charge in [0.25, 0.3) is 5.91 Å². The van der Waals surface area contributed by atoms with Gasteiger partial charge in [-0.3, -0.25) is 4.79 Å². The van der Waals surface area contributed by atoms with Gasteiger partial charge in [0, 0.05) is 12.1 Å². The summed E-state index contributed by atoms with van der Waals surface area (Å²) in [6.45, 7) is 0.0157. The highest BCUT2D eigenvalue weighted by molar-refractivity contribution is 7.17. The Hall–Kier alpha value is -2.00. The minimum absolute atomic E-state index is 0.0435. The Kier molecular flexibility index (Phi) is 5.89. The first-order valence-corrected chi connectivity index (χ1v) is 7.74. The molecule has 0 aliphatic rings. The first-order valence-electron chi connectivity index (χ1n) is 6.92. The number of benzene rings is 1. The highest BCUT2D eigenvalue weighted by atomic mass is 32.1. The van der Waals surface area contributed by atoms with Gasteiger partial charge >= 0.3 is 6.18 Å². The van der Waals surface area contributed by atoms with E-state index in [1.54, 1.807) is 19.1 Å². The molecule has 0 fully saturated rings. The van der Waals surface area contributed by atoms with Gasteiger partial charge in [-0.05, 0) is 31.2 Å². The number of hydrogen-bond acceptors (Lipinski definition) is 4. The van der Waals surface area contributed by atoms with Gasteiger partial charge in [-0.2, -0.15) is 13.2 Å². The van der Waals surface area contributed by atoms with Gasteiger partial charge in [0.1, 0.15) is 22.3 Å². The molecule has 1 N–H and O–H groups in total. The quantitative estimate of drug-likeness (QED) is 0.631. The van der Waals surface area contributed by atoms with E-state index in [1.165, 1.54) is 12.1 Å². The molecule has 0 unspecified atom stereocenters. The van der Waals surface area contributed by atoms with Crippen LogP contribution in [-0.4, -0.2) is 36.8 Å². The van der Waals surface area contributed by atoms with Crippen LogP contribution in [0.2, 0.25) is 0 Å². The summed E-state index contributed by atoms with van der Waals surface area (Å²) in [5.74, 6) is -0.808. The Morgan fingerprint density at radius 3 is 2.58 bits per heavy atom. The van der Waals surface area contributed by atoms with Crippen LogP contribution < -0.4 is 5.32 Å². The number of amides is 1. The molecular weight excluding hydrogens is 348 g/mol. The lowest BCUT2D eigenvalue weighted by Crippen LogP contribution is -2.28. The molecule has 0 radical (unpaired) electrons. The highest BCUT2D eigenvalue weighted by Crippen LogP contribution is 2.28. The number of aryl methyl sites for hydroxylation is 1. The molecule has 24 heavy (non-hydrogen) atoms. The minimum atomic E-state index is -4.39. The monoisotopic (exact) mass is 362 g/mol. The molecule has 9 heteroatoms. The van der Waals surface area contributed by atoms with Crippen LogP contribution in [0, 0.1) is 12.7 Å². The summed E-state index contributed by atoms with van der Waals surface area (Å²) in [6, 6.07) is 5.70. The normalized spacial score (nSPS) is 11.5. The van der Waals surface area contributed by atoms with Crippen LogP contribution in [0.15, 0.2) is 24.3 Å². The maximum absolute atomic E-state index is 12.9. The maximum atomic E-state index is 12.9. The van der Waals surface area contributed by atoms with Crippen molar-refractivity contribution >= 4 is 17.2 Å². The summed E-state index contributed by atoms with van der Waals surface area (Å²) in [5, 5.41) is 3.04. The van der Waals surface area contributed by atoms with Crippen LogP contribution in [0.3, 0.4) is 0 Å². The number of nitrogens with zero attached hydrogens (tertiary/aromatic N) is 1.